The largest absolute Gasteiger partial charge is 0.295 e. The molecule has 0 rings (SSSR count). The van der Waals surface area contributed by atoms with Gasteiger partial charge in [-0.1, -0.05) is 123 Å². The molecule has 0 amide bonds. The Balaban J connectivity index is -0.000000387. The third-order valence-electron chi connectivity index (χ3n) is 8.70. The molecule has 0 bridgehead atoms. The molecule has 0 fully saturated rings. The highest BCUT2D eigenvalue weighted by Gasteiger charge is 2.19. The predicted octanol–water partition coefficient (Wildman–Crippen LogP) is 16.6. The number of hydrogen-bond donors (Lipinski definition) is 0. The van der Waals surface area contributed by atoms with E-state index in [1.54, 1.807) is 34.6 Å². The molecule has 0 saturated heterocycles. The highest BCUT2D eigenvalue weighted by Crippen LogP contribution is 2.27. The van der Waals surface area contributed by atoms with Crippen LogP contribution in [0.5, 0.6) is 0 Å². The monoisotopic (exact) mass is 981 g/mol. The molecule has 0 saturated carbocycles. The first-order chi connectivity index (χ1) is 29.4. The minimum atomic E-state index is 0.101. The summed E-state index contributed by atoms with van der Waals surface area (Å²) in [6.45, 7) is 56.1. The first kappa shape index (κ1) is 70.0. The molecule has 0 aromatic heterocycles. The van der Waals surface area contributed by atoms with Gasteiger partial charge in [0.25, 0.3) is 0 Å². The first-order valence-corrected chi connectivity index (χ1v) is 28.3. The number of Topliss-reactive ketones (excluding diaryl/α,β-unsaturated/α-hetero) is 5. The topological polar surface area (TPSA) is 85.3 Å². The Morgan fingerprint density at radius 1 is 0.400 bits per heavy atom. The van der Waals surface area contributed by atoms with E-state index in [4.69, 9.17) is 0 Å². The summed E-state index contributed by atoms with van der Waals surface area (Å²) in [7, 11) is 0. The van der Waals surface area contributed by atoms with Crippen molar-refractivity contribution in [2.75, 3.05) is 46.0 Å². The molecule has 378 valence electrons. The maximum Gasteiger partial charge on any atom is 0.158 e. The van der Waals surface area contributed by atoms with Crippen molar-refractivity contribution in [1.82, 2.24) is 0 Å². The summed E-state index contributed by atoms with van der Waals surface area (Å²) in [4.78, 5) is 57.4. The fourth-order valence-electron chi connectivity index (χ4n) is 4.89. The molecular weight excluding hydrogens is 881 g/mol. The van der Waals surface area contributed by atoms with Gasteiger partial charge in [-0.15, -0.1) is 0 Å². The Hall–Kier alpha value is -1.55. The number of unbranched alkanes of at least 4 members (excludes halogenated alkanes) is 1. The molecule has 5 nitrogen and oxygen atoms in total. The maximum atomic E-state index is 11.9. The van der Waals surface area contributed by atoms with Gasteiger partial charge in [0, 0.05) is 32.1 Å². The van der Waals surface area contributed by atoms with Crippen molar-refractivity contribution in [2.45, 2.75) is 182 Å². The fraction of sp³-hybridized carbons (Fsp3) is 0.732. The average molecular weight is 982 g/mol. The summed E-state index contributed by atoms with van der Waals surface area (Å²) in [5, 5.41) is 0. The molecule has 65 heavy (non-hydrogen) atoms. The van der Waals surface area contributed by atoms with Gasteiger partial charge in [-0.25, -0.2) is 0 Å². The van der Waals surface area contributed by atoms with Gasteiger partial charge < -0.3 is 0 Å². The summed E-state index contributed by atoms with van der Waals surface area (Å²) in [5.74, 6) is 10.3. The fourth-order valence-corrected chi connectivity index (χ4v) is 9.75. The van der Waals surface area contributed by atoms with Crippen LogP contribution in [-0.2, 0) is 24.0 Å². The van der Waals surface area contributed by atoms with Gasteiger partial charge in [-0.3, -0.25) is 24.0 Å². The number of carbonyl (C=O) groups is 5. The van der Waals surface area contributed by atoms with Crippen molar-refractivity contribution in [2.24, 2.45) is 33.5 Å². The zero-order valence-electron chi connectivity index (χ0n) is 45.4. The van der Waals surface area contributed by atoms with Gasteiger partial charge in [0.05, 0.1) is 0 Å². The zero-order valence-corrected chi connectivity index (χ0v) is 48.7. The van der Waals surface area contributed by atoms with Crippen molar-refractivity contribution < 1.29 is 24.0 Å². The molecule has 0 aliphatic carbocycles. The Morgan fingerprint density at radius 2 is 0.708 bits per heavy atom. The molecule has 0 spiro atoms. The number of allylic oxidation sites excluding steroid dienone is 5. The SMILES string of the molecule is C=C(C)C(=O)CC(C)CSCC(C)(C)C.C=C(C)C(=O)CCC(CSCC(C)(C)C)CC(=O)C(=C)C.C=C(C)C(=O)CCCCSCC(C)(C)C.C=C(C)C(=O)CCCSCC(C)(C)C. The summed E-state index contributed by atoms with van der Waals surface area (Å²) in [6.07, 6.45) is 6.83. The molecule has 2 atom stereocenters. The van der Waals surface area contributed by atoms with E-state index in [0.717, 1.165) is 60.2 Å². The van der Waals surface area contributed by atoms with Crippen molar-refractivity contribution in [3.63, 3.8) is 0 Å². The predicted molar refractivity (Wildman–Crippen MR) is 300 cm³/mol. The third kappa shape index (κ3) is 54.9. The highest BCUT2D eigenvalue weighted by atomic mass is 32.2. The summed E-state index contributed by atoms with van der Waals surface area (Å²) >= 11 is 7.73. The van der Waals surface area contributed by atoms with Crippen LogP contribution in [0.25, 0.3) is 0 Å². The Labute approximate surface area is 420 Å². The van der Waals surface area contributed by atoms with Gasteiger partial charge >= 0.3 is 0 Å². The van der Waals surface area contributed by atoms with Crippen LogP contribution in [0.15, 0.2) is 60.8 Å². The van der Waals surface area contributed by atoms with Crippen LogP contribution in [0, 0.1) is 33.5 Å². The lowest BCUT2D eigenvalue weighted by Crippen LogP contribution is -2.16. The lowest BCUT2D eigenvalue weighted by molar-refractivity contribution is -0.118. The molecule has 0 aliphatic rings. The van der Waals surface area contributed by atoms with Crippen LogP contribution in [0.2, 0.25) is 0 Å². The van der Waals surface area contributed by atoms with Crippen LogP contribution in [0.1, 0.15) is 182 Å². The molecule has 0 heterocycles. The van der Waals surface area contributed by atoms with E-state index < -0.39 is 0 Å². The second-order valence-corrected chi connectivity index (χ2v) is 27.1. The number of carbonyl (C=O) groups excluding carboxylic acids is 5. The van der Waals surface area contributed by atoms with E-state index in [2.05, 4.69) is 123 Å². The van der Waals surface area contributed by atoms with Crippen LogP contribution < -0.4 is 0 Å². The third-order valence-corrected chi connectivity index (χ3v) is 15.6. The second kappa shape index (κ2) is 37.4. The number of hydrogen-bond acceptors (Lipinski definition) is 9. The summed E-state index contributed by atoms with van der Waals surface area (Å²) < 4.78 is 0. The van der Waals surface area contributed by atoms with Crippen LogP contribution in [-0.4, -0.2) is 74.9 Å². The van der Waals surface area contributed by atoms with Gasteiger partial charge in [0.1, 0.15) is 0 Å². The van der Waals surface area contributed by atoms with E-state index in [0.29, 0.717) is 82.1 Å². The quantitative estimate of drug-likeness (QED) is 0.0537. The number of thioether (sulfide) groups is 4. The summed E-state index contributed by atoms with van der Waals surface area (Å²) in [6, 6.07) is 0. The summed E-state index contributed by atoms with van der Waals surface area (Å²) in [5.41, 5.74) is 4.73. The Morgan fingerprint density at radius 3 is 1.08 bits per heavy atom. The van der Waals surface area contributed by atoms with Gasteiger partial charge in [-0.05, 0) is 168 Å². The molecule has 2 unspecified atom stereocenters. The highest BCUT2D eigenvalue weighted by molar-refractivity contribution is 7.99. The number of ketones is 5. The standard InChI is InChI=1S/C18H30O2S.2C13H24OS.C12H22OS/c1-13(2)16(19)9-8-15(10-17(20)14(3)4)11-21-12-18(5,6)7;1-10(2)12(14)7-11(3)8-15-9-13(4,5)6;1-11(2)12(14)8-6-7-9-15-10-13(3,4)5;1-10(2)11(13)7-6-8-14-9-12(3,4)5/h15H,1,3,8-12H2,2,4-7H3;11H,1,7-9H2,2-6H3;1,6-10H2,2-5H3;1,6-9H2,2-5H3. The van der Waals surface area contributed by atoms with E-state index in [-0.39, 0.29) is 40.2 Å². The lowest BCUT2D eigenvalue weighted by atomic mass is 9.94. The maximum absolute atomic E-state index is 11.9. The van der Waals surface area contributed by atoms with Crippen LogP contribution in [0.4, 0.5) is 0 Å². The van der Waals surface area contributed by atoms with Crippen molar-refractivity contribution in [3.8, 4) is 0 Å². The smallest absolute Gasteiger partial charge is 0.158 e. The van der Waals surface area contributed by atoms with Crippen molar-refractivity contribution >= 4 is 76.0 Å². The molecular formula is C56H100O5S4. The molecule has 0 N–H and O–H groups in total. The second-order valence-electron chi connectivity index (χ2n) is 22.9. The van der Waals surface area contributed by atoms with Gasteiger partial charge in [0.2, 0.25) is 0 Å². The first-order valence-electron chi connectivity index (χ1n) is 23.6. The normalized spacial score (nSPS) is 12.4. The van der Waals surface area contributed by atoms with E-state index in [9.17, 15) is 24.0 Å². The lowest BCUT2D eigenvalue weighted by Gasteiger charge is -2.20. The van der Waals surface area contributed by atoms with Gasteiger partial charge in [-0.2, -0.15) is 47.0 Å². The minimum Gasteiger partial charge on any atom is -0.295 e. The van der Waals surface area contributed by atoms with Crippen molar-refractivity contribution in [1.29, 1.82) is 0 Å². The minimum absolute atomic E-state index is 0.101. The number of rotatable bonds is 29. The van der Waals surface area contributed by atoms with Crippen molar-refractivity contribution in [3.05, 3.63) is 60.8 Å². The Bertz CT molecular complexity index is 1480. The molecule has 9 heteroatoms. The molecule has 0 aliphatic heterocycles. The van der Waals surface area contributed by atoms with E-state index in [1.807, 2.05) is 47.0 Å². The molecule has 0 aromatic rings. The average Bonchev–Trinajstić information content (AvgIpc) is 3.13. The zero-order chi connectivity index (χ0) is 51.8. The van der Waals surface area contributed by atoms with Crippen LogP contribution in [0.3, 0.4) is 0 Å². The van der Waals surface area contributed by atoms with E-state index in [1.165, 1.54) is 11.5 Å². The Kier molecular flexibility index (Phi) is 40.2. The molecule has 0 radical (unpaired) electrons. The van der Waals surface area contributed by atoms with E-state index >= 15 is 0 Å². The van der Waals surface area contributed by atoms with Gasteiger partial charge in [0.15, 0.2) is 28.9 Å². The molecule has 0 aromatic carbocycles. The van der Waals surface area contributed by atoms with Crippen LogP contribution >= 0.6 is 47.0 Å².